The van der Waals surface area contributed by atoms with Gasteiger partial charge in [-0.2, -0.15) is 0 Å². The lowest BCUT2D eigenvalue weighted by Gasteiger charge is -2.18. The van der Waals surface area contributed by atoms with Gasteiger partial charge in [0, 0.05) is 5.02 Å². The van der Waals surface area contributed by atoms with Crippen molar-refractivity contribution in [3.05, 3.63) is 34.9 Å². The number of nitrogens with zero attached hydrogens (tertiary/aromatic N) is 1. The van der Waals surface area contributed by atoms with Gasteiger partial charge in [0.05, 0.1) is 12.5 Å². The van der Waals surface area contributed by atoms with Crippen molar-refractivity contribution in [3.63, 3.8) is 0 Å². The highest BCUT2D eigenvalue weighted by atomic mass is 35.5. The Kier molecular flexibility index (Phi) is 6.16. The lowest BCUT2D eigenvalue weighted by Crippen LogP contribution is -2.22. The number of esters is 1. The Bertz CT molecular complexity index is 376. The smallest absolute Gasteiger partial charge is 0.313 e. The highest BCUT2D eigenvalue weighted by Gasteiger charge is 2.21. The van der Waals surface area contributed by atoms with Crippen LogP contribution in [-0.2, 0) is 9.53 Å². The fraction of sp³-hybridized carbons (Fsp3) is 0.500. The number of halogens is 1. The van der Waals surface area contributed by atoms with Gasteiger partial charge in [0.2, 0.25) is 0 Å². The molecule has 0 radical (unpaired) electrons. The van der Waals surface area contributed by atoms with Crippen LogP contribution < -0.4 is 0 Å². The van der Waals surface area contributed by atoms with Crippen molar-refractivity contribution in [2.45, 2.75) is 19.3 Å². The molecule has 0 saturated carbocycles. The first kappa shape index (κ1) is 15.0. The van der Waals surface area contributed by atoms with Crippen LogP contribution in [0.2, 0.25) is 5.02 Å². The molecule has 0 amide bonds. The average molecular weight is 270 g/mol. The van der Waals surface area contributed by atoms with Crippen molar-refractivity contribution < 1.29 is 9.53 Å². The van der Waals surface area contributed by atoms with Gasteiger partial charge in [0.1, 0.15) is 0 Å². The van der Waals surface area contributed by atoms with E-state index in [9.17, 15) is 4.79 Å². The van der Waals surface area contributed by atoms with E-state index in [4.69, 9.17) is 16.3 Å². The van der Waals surface area contributed by atoms with Crippen LogP contribution in [0, 0.1) is 0 Å². The maximum Gasteiger partial charge on any atom is 0.313 e. The highest BCUT2D eigenvalue weighted by Crippen LogP contribution is 2.23. The van der Waals surface area contributed by atoms with E-state index in [-0.39, 0.29) is 11.9 Å². The molecule has 0 aromatic heterocycles. The Balaban J connectivity index is 2.82. The summed E-state index contributed by atoms with van der Waals surface area (Å²) in [6.45, 7) is 3.07. The molecule has 18 heavy (non-hydrogen) atoms. The normalized spacial score (nSPS) is 12.5. The van der Waals surface area contributed by atoms with Crippen LogP contribution in [0.3, 0.4) is 0 Å². The van der Waals surface area contributed by atoms with Gasteiger partial charge in [-0.3, -0.25) is 4.79 Å². The van der Waals surface area contributed by atoms with Gasteiger partial charge < -0.3 is 9.64 Å². The first-order valence-corrected chi connectivity index (χ1v) is 6.49. The van der Waals surface area contributed by atoms with Crippen LogP contribution in [0.25, 0.3) is 0 Å². The molecule has 0 aliphatic rings. The third kappa shape index (κ3) is 4.67. The van der Waals surface area contributed by atoms with Crippen LogP contribution in [0.5, 0.6) is 0 Å². The zero-order valence-electron chi connectivity index (χ0n) is 11.1. The lowest BCUT2D eigenvalue weighted by molar-refractivity contribution is -0.145. The van der Waals surface area contributed by atoms with E-state index in [0.29, 0.717) is 11.6 Å². The molecule has 1 atom stereocenters. The van der Waals surface area contributed by atoms with E-state index in [2.05, 4.69) is 4.90 Å². The fourth-order valence-electron chi connectivity index (χ4n) is 1.75. The van der Waals surface area contributed by atoms with E-state index in [1.165, 1.54) is 0 Å². The second-order valence-corrected chi connectivity index (χ2v) is 4.88. The number of ether oxygens (including phenoxy) is 1. The van der Waals surface area contributed by atoms with Crippen molar-refractivity contribution in [2.75, 3.05) is 27.2 Å². The highest BCUT2D eigenvalue weighted by molar-refractivity contribution is 6.30. The van der Waals surface area contributed by atoms with E-state index in [1.54, 1.807) is 12.1 Å². The Labute approximate surface area is 114 Å². The maximum atomic E-state index is 12.0. The molecule has 4 heteroatoms. The van der Waals surface area contributed by atoms with E-state index in [0.717, 1.165) is 18.5 Å². The number of carbonyl (C=O) groups excluding carboxylic acids is 1. The summed E-state index contributed by atoms with van der Waals surface area (Å²) in [6, 6.07) is 7.39. The first-order valence-electron chi connectivity index (χ1n) is 6.11. The van der Waals surface area contributed by atoms with Crippen LogP contribution >= 0.6 is 11.6 Å². The number of benzene rings is 1. The standard InChI is InChI=1S/C14H20ClNO2/c1-4-18-14(17)13(9-10-16(2)3)11-5-7-12(15)8-6-11/h5-8,13H,4,9-10H2,1-3H3. The zero-order chi connectivity index (χ0) is 13.5. The average Bonchev–Trinajstić information content (AvgIpc) is 2.31. The summed E-state index contributed by atoms with van der Waals surface area (Å²) >= 11 is 5.86. The molecule has 0 aliphatic carbocycles. The Morgan fingerprint density at radius 3 is 2.44 bits per heavy atom. The number of rotatable bonds is 6. The summed E-state index contributed by atoms with van der Waals surface area (Å²) in [4.78, 5) is 14.0. The summed E-state index contributed by atoms with van der Waals surface area (Å²) in [6.07, 6.45) is 0.744. The predicted molar refractivity (Wildman–Crippen MR) is 74.0 cm³/mol. The molecular formula is C14H20ClNO2. The number of hydrogen-bond donors (Lipinski definition) is 0. The molecule has 1 rings (SSSR count). The topological polar surface area (TPSA) is 29.5 Å². The molecule has 1 aromatic rings. The summed E-state index contributed by atoms with van der Waals surface area (Å²) in [5, 5.41) is 0.675. The number of hydrogen-bond acceptors (Lipinski definition) is 3. The van der Waals surface area contributed by atoms with Crippen molar-refractivity contribution in [1.82, 2.24) is 4.90 Å². The molecule has 0 fully saturated rings. The monoisotopic (exact) mass is 269 g/mol. The van der Waals surface area contributed by atoms with Gasteiger partial charge >= 0.3 is 5.97 Å². The van der Waals surface area contributed by atoms with E-state index >= 15 is 0 Å². The quantitative estimate of drug-likeness (QED) is 0.744. The largest absolute Gasteiger partial charge is 0.466 e. The minimum Gasteiger partial charge on any atom is -0.466 e. The van der Waals surface area contributed by atoms with Crippen molar-refractivity contribution in [2.24, 2.45) is 0 Å². The fourth-order valence-corrected chi connectivity index (χ4v) is 1.87. The first-order chi connectivity index (χ1) is 8.54. The lowest BCUT2D eigenvalue weighted by atomic mass is 9.95. The molecule has 3 nitrogen and oxygen atoms in total. The summed E-state index contributed by atoms with van der Waals surface area (Å²) < 4.78 is 5.13. The minimum atomic E-state index is -0.218. The second kappa shape index (κ2) is 7.39. The molecular weight excluding hydrogens is 250 g/mol. The third-order valence-electron chi connectivity index (χ3n) is 2.71. The van der Waals surface area contributed by atoms with Crippen LogP contribution in [0.15, 0.2) is 24.3 Å². The van der Waals surface area contributed by atoms with Crippen molar-refractivity contribution in [3.8, 4) is 0 Å². The SMILES string of the molecule is CCOC(=O)C(CCN(C)C)c1ccc(Cl)cc1. The maximum absolute atomic E-state index is 12.0. The third-order valence-corrected chi connectivity index (χ3v) is 2.96. The van der Waals surface area contributed by atoms with Gasteiger partial charge in [-0.1, -0.05) is 23.7 Å². The molecule has 100 valence electrons. The van der Waals surface area contributed by atoms with Crippen LogP contribution in [0.4, 0.5) is 0 Å². The summed E-state index contributed by atoms with van der Waals surface area (Å²) in [5.74, 6) is -0.383. The minimum absolute atomic E-state index is 0.165. The van der Waals surface area contributed by atoms with Gasteiger partial charge in [-0.05, 0) is 51.7 Å². The molecule has 0 saturated heterocycles. The zero-order valence-corrected chi connectivity index (χ0v) is 11.9. The van der Waals surface area contributed by atoms with Crippen LogP contribution in [-0.4, -0.2) is 38.1 Å². The van der Waals surface area contributed by atoms with Gasteiger partial charge in [0.25, 0.3) is 0 Å². The van der Waals surface area contributed by atoms with Crippen LogP contribution in [0.1, 0.15) is 24.8 Å². The molecule has 0 bridgehead atoms. The Morgan fingerprint density at radius 1 is 1.33 bits per heavy atom. The molecule has 1 aromatic carbocycles. The summed E-state index contributed by atoms with van der Waals surface area (Å²) in [5.41, 5.74) is 0.958. The predicted octanol–water partition coefficient (Wildman–Crippen LogP) is 2.94. The van der Waals surface area contributed by atoms with Gasteiger partial charge in [0.15, 0.2) is 0 Å². The van der Waals surface area contributed by atoms with Crippen molar-refractivity contribution in [1.29, 1.82) is 0 Å². The Morgan fingerprint density at radius 2 is 1.94 bits per heavy atom. The molecule has 0 spiro atoms. The second-order valence-electron chi connectivity index (χ2n) is 4.45. The summed E-state index contributed by atoms with van der Waals surface area (Å²) in [7, 11) is 3.98. The molecule has 1 unspecified atom stereocenters. The number of carbonyl (C=O) groups is 1. The van der Waals surface area contributed by atoms with E-state index < -0.39 is 0 Å². The van der Waals surface area contributed by atoms with Gasteiger partial charge in [-0.25, -0.2) is 0 Å². The van der Waals surface area contributed by atoms with Gasteiger partial charge in [-0.15, -0.1) is 0 Å². The molecule has 0 aliphatic heterocycles. The Hall–Kier alpha value is -1.06. The molecule has 0 N–H and O–H groups in total. The van der Waals surface area contributed by atoms with Crippen molar-refractivity contribution >= 4 is 17.6 Å². The van der Waals surface area contributed by atoms with E-state index in [1.807, 2.05) is 33.2 Å². The molecule has 0 heterocycles.